The molecule has 24 heavy (non-hydrogen) atoms. The van der Waals surface area contributed by atoms with Crippen molar-refractivity contribution in [3.63, 3.8) is 0 Å². The van der Waals surface area contributed by atoms with Gasteiger partial charge >= 0.3 is 0 Å². The van der Waals surface area contributed by atoms with Crippen molar-refractivity contribution in [2.45, 2.75) is 4.90 Å². The largest absolute Gasteiger partial charge is 0.378 e. The fourth-order valence-electron chi connectivity index (χ4n) is 2.37. The molecule has 1 N–H and O–H groups in total. The molecule has 1 aromatic heterocycles. The normalized spacial score (nSPS) is 15.3. The summed E-state index contributed by atoms with van der Waals surface area (Å²) < 4.78 is 59.1. The van der Waals surface area contributed by atoms with Gasteiger partial charge in [0, 0.05) is 13.1 Å². The lowest BCUT2D eigenvalue weighted by Crippen LogP contribution is -2.36. The molecule has 128 valence electrons. The molecule has 0 aliphatic carbocycles. The smallest absolute Gasteiger partial charge is 0.267 e. The SMILES string of the molecule is O=S(=O)(Nc1ccc(N2CCOCC2)nc1)c1c(F)cccc1F. The van der Waals surface area contributed by atoms with Crippen molar-refractivity contribution in [1.29, 1.82) is 0 Å². The Labute approximate surface area is 138 Å². The Balaban J connectivity index is 1.80. The van der Waals surface area contributed by atoms with Gasteiger partial charge in [0.2, 0.25) is 0 Å². The summed E-state index contributed by atoms with van der Waals surface area (Å²) in [6, 6.07) is 6.01. The molecule has 1 aliphatic rings. The van der Waals surface area contributed by atoms with Crippen LogP contribution in [0.5, 0.6) is 0 Å². The molecule has 0 radical (unpaired) electrons. The lowest BCUT2D eigenvalue weighted by Gasteiger charge is -2.27. The minimum atomic E-state index is -4.39. The van der Waals surface area contributed by atoms with Crippen LogP contribution in [0.3, 0.4) is 0 Å². The highest BCUT2D eigenvalue weighted by atomic mass is 32.2. The number of halogens is 2. The van der Waals surface area contributed by atoms with Crippen LogP contribution in [0.25, 0.3) is 0 Å². The maximum atomic E-state index is 13.7. The maximum absolute atomic E-state index is 13.7. The van der Waals surface area contributed by atoms with Crippen LogP contribution >= 0.6 is 0 Å². The molecule has 1 fully saturated rings. The van der Waals surface area contributed by atoms with Gasteiger partial charge in [-0.25, -0.2) is 22.2 Å². The number of nitrogens with one attached hydrogen (secondary N) is 1. The van der Waals surface area contributed by atoms with Crippen LogP contribution < -0.4 is 9.62 Å². The predicted octanol–water partition coefficient (Wildman–Crippen LogP) is 2.00. The highest BCUT2D eigenvalue weighted by Crippen LogP contribution is 2.22. The molecule has 6 nitrogen and oxygen atoms in total. The molecular formula is C15H15F2N3O3S. The molecule has 0 saturated carbocycles. The molecule has 1 aliphatic heterocycles. The molecule has 0 amide bonds. The van der Waals surface area contributed by atoms with E-state index in [2.05, 4.69) is 9.71 Å². The second kappa shape index (κ2) is 6.70. The number of benzene rings is 1. The number of nitrogens with zero attached hydrogens (tertiary/aromatic N) is 2. The molecule has 0 spiro atoms. The topological polar surface area (TPSA) is 71.5 Å². The first kappa shape index (κ1) is 16.6. The molecule has 3 rings (SSSR count). The number of sulfonamides is 1. The van der Waals surface area contributed by atoms with E-state index in [0.717, 1.165) is 18.2 Å². The van der Waals surface area contributed by atoms with Crippen LogP contribution in [0.15, 0.2) is 41.4 Å². The average Bonchev–Trinajstić information content (AvgIpc) is 2.55. The first-order valence-corrected chi connectivity index (χ1v) is 8.71. The zero-order chi connectivity index (χ0) is 17.2. The van der Waals surface area contributed by atoms with Gasteiger partial charge in [-0.3, -0.25) is 4.72 Å². The number of pyridine rings is 1. The van der Waals surface area contributed by atoms with Crippen LogP contribution in [0.2, 0.25) is 0 Å². The third kappa shape index (κ3) is 3.46. The fraction of sp³-hybridized carbons (Fsp3) is 0.267. The summed E-state index contributed by atoms with van der Waals surface area (Å²) in [7, 11) is -4.39. The molecule has 1 aromatic carbocycles. The number of hydrogen-bond acceptors (Lipinski definition) is 5. The van der Waals surface area contributed by atoms with Crippen molar-refractivity contribution in [2.24, 2.45) is 0 Å². The van der Waals surface area contributed by atoms with Crippen molar-refractivity contribution in [2.75, 3.05) is 35.9 Å². The van der Waals surface area contributed by atoms with E-state index in [4.69, 9.17) is 4.74 Å². The summed E-state index contributed by atoms with van der Waals surface area (Å²) in [5, 5.41) is 0. The third-order valence-electron chi connectivity index (χ3n) is 3.52. The Hall–Kier alpha value is -2.26. The van der Waals surface area contributed by atoms with Gasteiger partial charge in [0.1, 0.15) is 17.5 Å². The minimum absolute atomic E-state index is 0.120. The third-order valence-corrected chi connectivity index (χ3v) is 4.95. The van der Waals surface area contributed by atoms with Gasteiger partial charge in [-0.1, -0.05) is 6.07 Å². The Morgan fingerprint density at radius 3 is 2.33 bits per heavy atom. The summed E-state index contributed by atoms with van der Waals surface area (Å²) >= 11 is 0. The van der Waals surface area contributed by atoms with Crippen LogP contribution in [0.4, 0.5) is 20.3 Å². The van der Waals surface area contributed by atoms with E-state index in [-0.39, 0.29) is 5.69 Å². The van der Waals surface area contributed by atoms with E-state index in [1.807, 2.05) is 4.90 Å². The summed E-state index contributed by atoms with van der Waals surface area (Å²) in [5.74, 6) is -1.63. The van der Waals surface area contributed by atoms with E-state index in [1.54, 1.807) is 6.07 Å². The molecule has 2 heterocycles. The predicted molar refractivity (Wildman–Crippen MR) is 84.4 cm³/mol. The Kier molecular flexibility index (Phi) is 4.63. The zero-order valence-corrected chi connectivity index (χ0v) is 13.4. The van der Waals surface area contributed by atoms with Crippen molar-refractivity contribution in [3.8, 4) is 0 Å². The van der Waals surface area contributed by atoms with Gasteiger partial charge in [-0.15, -0.1) is 0 Å². The number of morpholine rings is 1. The lowest BCUT2D eigenvalue weighted by atomic mass is 10.3. The number of rotatable bonds is 4. The van der Waals surface area contributed by atoms with E-state index in [9.17, 15) is 17.2 Å². The average molecular weight is 355 g/mol. The first-order chi connectivity index (χ1) is 11.5. The molecule has 9 heteroatoms. The van der Waals surface area contributed by atoms with E-state index in [1.165, 1.54) is 12.3 Å². The fourth-order valence-corrected chi connectivity index (χ4v) is 3.55. The quantitative estimate of drug-likeness (QED) is 0.908. The standard InChI is InChI=1S/C15H15F2N3O3S/c16-12-2-1-3-13(17)15(12)24(21,22)19-11-4-5-14(18-10-11)20-6-8-23-9-7-20/h1-5,10,19H,6-9H2. The summed E-state index contributed by atoms with van der Waals surface area (Å²) in [6.45, 7) is 2.59. The molecule has 0 bridgehead atoms. The van der Waals surface area contributed by atoms with Crippen LogP contribution in [-0.2, 0) is 14.8 Å². The van der Waals surface area contributed by atoms with Crippen molar-refractivity contribution in [3.05, 3.63) is 48.2 Å². The van der Waals surface area contributed by atoms with E-state index < -0.39 is 26.6 Å². The zero-order valence-electron chi connectivity index (χ0n) is 12.6. The van der Waals surface area contributed by atoms with Crippen LogP contribution in [0.1, 0.15) is 0 Å². The highest BCUT2D eigenvalue weighted by Gasteiger charge is 2.24. The highest BCUT2D eigenvalue weighted by molar-refractivity contribution is 7.92. The van der Waals surface area contributed by atoms with Crippen molar-refractivity contribution in [1.82, 2.24) is 4.98 Å². The second-order valence-corrected chi connectivity index (χ2v) is 6.78. The Bertz CT molecular complexity index is 802. The maximum Gasteiger partial charge on any atom is 0.267 e. The number of hydrogen-bond donors (Lipinski definition) is 1. The molecule has 0 atom stereocenters. The number of aromatic nitrogens is 1. The summed E-state index contributed by atoms with van der Waals surface area (Å²) in [5.41, 5.74) is 0.120. The Morgan fingerprint density at radius 2 is 1.75 bits per heavy atom. The van der Waals surface area contributed by atoms with E-state index in [0.29, 0.717) is 32.1 Å². The first-order valence-electron chi connectivity index (χ1n) is 7.23. The van der Waals surface area contributed by atoms with Crippen molar-refractivity contribution < 1.29 is 21.9 Å². The van der Waals surface area contributed by atoms with Gasteiger partial charge < -0.3 is 9.64 Å². The van der Waals surface area contributed by atoms with Crippen LogP contribution in [0, 0.1) is 11.6 Å². The van der Waals surface area contributed by atoms with Gasteiger partial charge in [0.05, 0.1) is 25.1 Å². The summed E-state index contributed by atoms with van der Waals surface area (Å²) in [4.78, 5) is 5.17. The van der Waals surface area contributed by atoms with Crippen molar-refractivity contribution >= 4 is 21.5 Å². The Morgan fingerprint density at radius 1 is 1.08 bits per heavy atom. The molecule has 2 aromatic rings. The second-order valence-electron chi connectivity index (χ2n) is 5.16. The monoisotopic (exact) mass is 355 g/mol. The lowest BCUT2D eigenvalue weighted by molar-refractivity contribution is 0.122. The minimum Gasteiger partial charge on any atom is -0.378 e. The van der Waals surface area contributed by atoms with Crippen LogP contribution in [-0.4, -0.2) is 39.7 Å². The molecule has 1 saturated heterocycles. The number of anilines is 2. The van der Waals surface area contributed by atoms with Gasteiger partial charge in [0.15, 0.2) is 4.90 Å². The van der Waals surface area contributed by atoms with Gasteiger partial charge in [-0.2, -0.15) is 0 Å². The van der Waals surface area contributed by atoms with Gasteiger partial charge in [0.25, 0.3) is 10.0 Å². The molecular weight excluding hydrogens is 340 g/mol. The summed E-state index contributed by atoms with van der Waals surface area (Å²) in [6.07, 6.45) is 1.31. The van der Waals surface area contributed by atoms with E-state index >= 15 is 0 Å². The number of ether oxygens (including phenoxy) is 1. The van der Waals surface area contributed by atoms with Gasteiger partial charge in [-0.05, 0) is 24.3 Å². The molecule has 0 unspecified atom stereocenters.